The molecule has 0 heterocycles. The fraction of sp³-hybridized carbons (Fsp3) is 0.922. The fourth-order valence-electron chi connectivity index (χ4n) is 14.2. The Hall–Kier alpha value is -4.16. The summed E-state index contributed by atoms with van der Waals surface area (Å²) in [5.74, 6) is 10.4. The lowest BCUT2D eigenvalue weighted by Gasteiger charge is -2.23. The normalized spacial score (nSPS) is 14.7. The van der Waals surface area contributed by atoms with Crippen molar-refractivity contribution in [2.45, 2.75) is 401 Å². The maximum absolute atomic E-state index is 11.8. The Labute approximate surface area is 765 Å². The topological polar surface area (TPSA) is 382 Å². The molecule has 2 saturated carbocycles. The van der Waals surface area contributed by atoms with Gasteiger partial charge in [-0.2, -0.15) is 0 Å². The Balaban J connectivity index is -0.000000201. The van der Waals surface area contributed by atoms with Crippen LogP contribution in [0.15, 0.2) is 0 Å². The molecule has 22 heteroatoms. The molecule has 0 radical (unpaired) electrons. The van der Waals surface area contributed by atoms with Gasteiger partial charge in [0.1, 0.15) is 11.6 Å². The Morgan fingerprint density at radius 1 is 0.290 bits per heavy atom. The number of aliphatic hydroxyl groups is 6. The molecule has 10 atom stereocenters. The van der Waals surface area contributed by atoms with E-state index in [9.17, 15) is 48.6 Å². The summed E-state index contributed by atoms with van der Waals surface area (Å²) in [5.41, 5.74) is 8.96. The molecule has 124 heavy (non-hydrogen) atoms. The van der Waals surface area contributed by atoms with Gasteiger partial charge in [-0.1, -0.05) is 285 Å². The van der Waals surface area contributed by atoms with Crippen molar-refractivity contribution in [1.29, 1.82) is 0 Å². The second-order valence-corrected chi connectivity index (χ2v) is 39.7. The van der Waals surface area contributed by atoms with Crippen LogP contribution in [-0.2, 0) is 38.4 Å². The van der Waals surface area contributed by atoms with Crippen molar-refractivity contribution >= 4 is 47.0 Å². The molecule has 0 unspecified atom stereocenters. The lowest BCUT2D eigenvalue weighted by molar-refractivity contribution is -0.128. The molecule has 744 valence electrons. The van der Waals surface area contributed by atoms with Gasteiger partial charge in [0.15, 0.2) is 0 Å². The number of nitrogens with one attached hydrogen (secondary N) is 6. The SMILES string of the molecule is CC(C)[C@@H](CO)CC1CC1.CC(C)[C@H](CO)CC1CC1.CCC[C@@H](C(=O)CC)C(C)C.CCC[C@@H](C(=O)NCC(C)(C)O)C(C)C.CCC[C@@H](C(=O)NCCN)C(C)C.CCC[C@@H](C(=O)NCCO)C(C)C.CCC[C@H](C(=O)CC)C(C)C.CCC[C@H](C(=O)NCC(C)(C)O)C(C)C.CCC[C@H](C(=O)NCCN)C(C)C.CCC[C@H](C(=O)NCCO)C(C)C. The van der Waals surface area contributed by atoms with E-state index in [0.29, 0.717) is 173 Å². The van der Waals surface area contributed by atoms with Crippen LogP contribution in [-0.4, -0.2) is 168 Å². The molecule has 2 fully saturated rings. The quantitative estimate of drug-likeness (QED) is 0.0269. The molecule has 0 aromatic carbocycles. The summed E-state index contributed by atoms with van der Waals surface area (Å²) in [5, 5.41) is 70.7. The first-order valence-corrected chi connectivity index (χ1v) is 49.8. The fourth-order valence-corrected chi connectivity index (χ4v) is 14.2. The summed E-state index contributed by atoms with van der Waals surface area (Å²) in [6.07, 6.45) is 25.7. The highest BCUT2D eigenvalue weighted by molar-refractivity contribution is 5.82. The van der Waals surface area contributed by atoms with Crippen LogP contribution in [0.1, 0.15) is 390 Å². The van der Waals surface area contributed by atoms with Crippen LogP contribution in [0.2, 0.25) is 0 Å². The average Bonchev–Trinajstić information content (AvgIpc) is 1.76. The van der Waals surface area contributed by atoms with Gasteiger partial charge in [0.25, 0.3) is 0 Å². The second-order valence-electron chi connectivity index (χ2n) is 39.7. The minimum atomic E-state index is -0.830. The highest BCUT2D eigenvalue weighted by Crippen LogP contribution is 2.38. The summed E-state index contributed by atoms with van der Waals surface area (Å²) >= 11 is 0. The van der Waals surface area contributed by atoms with Crippen LogP contribution in [0.3, 0.4) is 0 Å². The van der Waals surface area contributed by atoms with E-state index in [1.807, 2.05) is 13.8 Å². The average molecular weight is 1770 g/mol. The van der Waals surface area contributed by atoms with Gasteiger partial charge in [-0.3, -0.25) is 38.4 Å². The van der Waals surface area contributed by atoms with Crippen molar-refractivity contribution in [2.24, 2.45) is 142 Å². The molecule has 0 saturated heterocycles. The molecule has 0 aromatic heterocycles. The number of carbonyl (C=O) groups excluding carboxylic acids is 8. The predicted molar refractivity (Wildman–Crippen MR) is 525 cm³/mol. The molecule has 2 aliphatic carbocycles. The van der Waals surface area contributed by atoms with Crippen LogP contribution < -0.4 is 43.4 Å². The molecule has 6 amide bonds. The molecule has 22 nitrogen and oxygen atoms in total. The van der Waals surface area contributed by atoms with Crippen LogP contribution >= 0.6 is 0 Å². The number of hydrogen-bond acceptors (Lipinski definition) is 16. The van der Waals surface area contributed by atoms with Crippen LogP contribution in [0.25, 0.3) is 0 Å². The number of rotatable bonds is 54. The number of nitrogens with two attached hydrogens (primary N) is 2. The predicted octanol–water partition coefficient (Wildman–Crippen LogP) is 18.7. The van der Waals surface area contributed by atoms with Gasteiger partial charge >= 0.3 is 0 Å². The Morgan fingerprint density at radius 2 is 0.468 bits per heavy atom. The van der Waals surface area contributed by atoms with E-state index in [1.54, 1.807) is 27.7 Å². The molecule has 2 aliphatic rings. The van der Waals surface area contributed by atoms with E-state index in [4.69, 9.17) is 31.9 Å². The minimum absolute atomic E-state index is 0.0165. The monoisotopic (exact) mass is 1770 g/mol. The van der Waals surface area contributed by atoms with Crippen LogP contribution in [0.5, 0.6) is 0 Å². The number of ketones is 2. The molecule has 0 spiro atoms. The van der Waals surface area contributed by atoms with E-state index in [0.717, 1.165) is 115 Å². The molecule has 0 bridgehead atoms. The van der Waals surface area contributed by atoms with E-state index >= 15 is 0 Å². The zero-order valence-electron chi connectivity index (χ0n) is 87.3. The zero-order chi connectivity index (χ0) is 98.0. The van der Waals surface area contributed by atoms with Crippen molar-refractivity contribution in [3.63, 3.8) is 0 Å². The Morgan fingerprint density at radius 3 is 0.597 bits per heavy atom. The van der Waals surface area contributed by atoms with Gasteiger partial charge in [0.05, 0.1) is 24.4 Å². The van der Waals surface area contributed by atoms with Gasteiger partial charge in [0.2, 0.25) is 35.4 Å². The first-order valence-electron chi connectivity index (χ1n) is 49.8. The molecule has 0 aliphatic heterocycles. The third-order valence-electron chi connectivity index (χ3n) is 22.9. The Bertz CT molecular complexity index is 2270. The van der Waals surface area contributed by atoms with Gasteiger partial charge in [-0.25, -0.2) is 0 Å². The maximum atomic E-state index is 11.8. The van der Waals surface area contributed by atoms with Crippen LogP contribution in [0.4, 0.5) is 0 Å². The minimum Gasteiger partial charge on any atom is -0.396 e. The lowest BCUT2D eigenvalue weighted by Crippen LogP contribution is -2.42. The Kier molecular flexibility index (Phi) is 92.1. The largest absolute Gasteiger partial charge is 0.396 e. The summed E-state index contributed by atoms with van der Waals surface area (Å²) in [4.78, 5) is 92.4. The lowest BCUT2D eigenvalue weighted by atomic mass is 9.87. The van der Waals surface area contributed by atoms with E-state index in [2.05, 4.69) is 226 Å². The molecule has 2 rings (SSSR count). The first kappa shape index (κ1) is 135. The smallest absolute Gasteiger partial charge is 0.223 e. The second kappa shape index (κ2) is 84.4. The summed E-state index contributed by atoms with van der Waals surface area (Å²) < 4.78 is 0. The van der Waals surface area contributed by atoms with E-state index in [-0.39, 0.29) is 84.2 Å². The number of aliphatic hydroxyl groups excluding tert-OH is 4. The van der Waals surface area contributed by atoms with Crippen molar-refractivity contribution in [3.8, 4) is 0 Å². The third-order valence-corrected chi connectivity index (χ3v) is 22.9. The van der Waals surface area contributed by atoms with Crippen molar-refractivity contribution in [2.75, 3.05) is 78.8 Å². The van der Waals surface area contributed by atoms with Crippen LogP contribution in [0, 0.1) is 130 Å². The highest BCUT2D eigenvalue weighted by Gasteiger charge is 2.30. The van der Waals surface area contributed by atoms with Crippen molar-refractivity contribution in [1.82, 2.24) is 31.9 Å². The number of amides is 6. The zero-order valence-corrected chi connectivity index (χ0v) is 87.3. The summed E-state index contributed by atoms with van der Waals surface area (Å²) in [6, 6.07) is 0. The molecular formula is C102H212N8O14. The maximum Gasteiger partial charge on any atom is 0.223 e. The number of carbonyl (C=O) groups is 8. The number of Topliss-reactive ketones (excluding diaryl/α,β-unsaturated/α-hetero) is 2. The molecule has 0 aromatic rings. The third kappa shape index (κ3) is 80.0. The standard InChI is InChI=1S/2C12H25NO2.2C10H22N2O.2C10H21NO2.2C10H20O.2C9H18O/c2*1-6-7-10(9(2)3)11(14)13-8-12(4,5)15;2*1-4-5-9(8(2)3)10(13)12-7-6-11;2*1-4-5-9(8(2)3)10(13)11-6-7-12;2*1-5-7-9(8(3)4)10(11)6-2;2*1-7(2)9(6-10)5-8-3-4-8/h2*9-10,15H,6-8H2,1-5H3,(H,13,14);2*8-9H,4-7,11H2,1-3H3,(H,12,13);2*8-9,12H,4-7H2,1-3H3,(H,11,13);2*8-9H,5-7H2,1-4H3;2*7-10H,3-6H2,1-2H3/t2*10-;8*9-/m1010101010/s1. The van der Waals surface area contributed by atoms with Gasteiger partial charge in [0, 0.05) is 126 Å². The molecule has 16 N–H and O–H groups in total. The first-order chi connectivity index (χ1) is 57.8. The van der Waals surface area contributed by atoms with Gasteiger partial charge in [-0.15, -0.1) is 0 Å². The van der Waals surface area contributed by atoms with Gasteiger partial charge in [-0.05, 0) is 175 Å². The van der Waals surface area contributed by atoms with Crippen molar-refractivity contribution in [3.05, 3.63) is 0 Å². The van der Waals surface area contributed by atoms with Crippen molar-refractivity contribution < 1.29 is 69.0 Å². The van der Waals surface area contributed by atoms with Gasteiger partial charge < -0.3 is 74.0 Å². The van der Waals surface area contributed by atoms with E-state index < -0.39 is 11.2 Å². The van der Waals surface area contributed by atoms with E-state index in [1.165, 1.54) is 38.5 Å². The summed E-state index contributed by atoms with van der Waals surface area (Å²) in [6.45, 7) is 74.0. The molecular weight excluding hydrogens is 1560 g/mol. The highest BCUT2D eigenvalue weighted by atomic mass is 16.3. The number of hydrogen-bond donors (Lipinski definition) is 14. The summed E-state index contributed by atoms with van der Waals surface area (Å²) in [7, 11) is 0.